The van der Waals surface area contributed by atoms with Crippen molar-refractivity contribution in [1.82, 2.24) is 5.43 Å². The fraction of sp³-hybridized carbons (Fsp3) is 0.222. The summed E-state index contributed by atoms with van der Waals surface area (Å²) in [6.45, 7) is 6.21. The largest absolute Gasteiger partial charge is 0.399 e. The van der Waals surface area contributed by atoms with Gasteiger partial charge in [-0.2, -0.15) is 5.10 Å². The number of nitrogens with two attached hydrogens (primary N) is 1. The third-order valence-corrected chi connectivity index (χ3v) is 3.57. The molecule has 0 aliphatic carbocycles. The number of nitrogens with one attached hydrogen (secondary N) is 1. The van der Waals surface area contributed by atoms with E-state index in [0.29, 0.717) is 11.3 Å². The molecule has 0 radical (unpaired) electrons. The van der Waals surface area contributed by atoms with Crippen molar-refractivity contribution in [1.29, 1.82) is 0 Å². The molecule has 0 heterocycles. The lowest BCUT2D eigenvalue weighted by Gasteiger charge is -2.20. The molecule has 0 unspecified atom stereocenters. The van der Waals surface area contributed by atoms with Crippen LogP contribution in [-0.2, 0) is 0 Å². The molecule has 3 N–H and O–H groups in total. The SMILES string of the molecule is CCN(CC)c1ccc(/C=N/NC(=O)c2ccc(N)cc2)cc1. The zero-order valence-corrected chi connectivity index (χ0v) is 13.5. The van der Waals surface area contributed by atoms with Crippen molar-refractivity contribution < 1.29 is 4.79 Å². The van der Waals surface area contributed by atoms with E-state index in [4.69, 9.17) is 5.73 Å². The van der Waals surface area contributed by atoms with Crippen molar-refractivity contribution >= 4 is 23.5 Å². The molecule has 0 aliphatic rings. The quantitative estimate of drug-likeness (QED) is 0.489. The highest BCUT2D eigenvalue weighted by molar-refractivity contribution is 5.95. The predicted molar refractivity (Wildman–Crippen MR) is 95.9 cm³/mol. The van der Waals surface area contributed by atoms with Crippen LogP contribution in [0.25, 0.3) is 0 Å². The van der Waals surface area contributed by atoms with Gasteiger partial charge in [-0.15, -0.1) is 0 Å². The molecule has 0 saturated heterocycles. The van der Waals surface area contributed by atoms with Gasteiger partial charge in [-0.25, -0.2) is 5.43 Å². The normalized spacial score (nSPS) is 10.7. The lowest BCUT2D eigenvalue weighted by Crippen LogP contribution is -2.21. The fourth-order valence-electron chi connectivity index (χ4n) is 2.22. The molecule has 23 heavy (non-hydrogen) atoms. The van der Waals surface area contributed by atoms with Crippen molar-refractivity contribution in [3.63, 3.8) is 0 Å². The highest BCUT2D eigenvalue weighted by Crippen LogP contribution is 2.14. The lowest BCUT2D eigenvalue weighted by atomic mass is 10.2. The molecule has 0 saturated carbocycles. The Morgan fingerprint density at radius 1 is 1.09 bits per heavy atom. The van der Waals surface area contributed by atoms with Gasteiger partial charge in [-0.05, 0) is 55.8 Å². The van der Waals surface area contributed by atoms with Gasteiger partial charge in [0.05, 0.1) is 6.21 Å². The molecule has 2 aromatic carbocycles. The topological polar surface area (TPSA) is 70.7 Å². The summed E-state index contributed by atoms with van der Waals surface area (Å²) in [7, 11) is 0. The van der Waals surface area contributed by atoms with Crippen LogP contribution in [0.5, 0.6) is 0 Å². The van der Waals surface area contributed by atoms with Crippen LogP contribution < -0.4 is 16.1 Å². The van der Waals surface area contributed by atoms with Gasteiger partial charge in [0.25, 0.3) is 5.91 Å². The summed E-state index contributed by atoms with van der Waals surface area (Å²) in [6.07, 6.45) is 1.63. The number of hydrazone groups is 1. The molecule has 0 spiro atoms. The average Bonchev–Trinajstić information content (AvgIpc) is 2.58. The van der Waals surface area contributed by atoms with Crippen LogP contribution in [0.1, 0.15) is 29.8 Å². The molecule has 0 atom stereocenters. The average molecular weight is 310 g/mol. The molecule has 0 aromatic heterocycles. The first kappa shape index (κ1) is 16.5. The van der Waals surface area contributed by atoms with Crippen molar-refractivity contribution in [3.05, 3.63) is 59.7 Å². The fourth-order valence-corrected chi connectivity index (χ4v) is 2.22. The molecule has 2 rings (SSSR count). The van der Waals surface area contributed by atoms with E-state index in [0.717, 1.165) is 18.7 Å². The van der Waals surface area contributed by atoms with Crippen LogP contribution in [0.4, 0.5) is 11.4 Å². The number of hydrogen-bond donors (Lipinski definition) is 2. The van der Waals surface area contributed by atoms with Crippen LogP contribution in [0.15, 0.2) is 53.6 Å². The molecular formula is C18H22N4O. The van der Waals surface area contributed by atoms with Gasteiger partial charge in [-0.3, -0.25) is 4.79 Å². The van der Waals surface area contributed by atoms with Gasteiger partial charge in [0.15, 0.2) is 0 Å². The number of benzene rings is 2. The number of rotatable bonds is 6. The summed E-state index contributed by atoms with van der Waals surface area (Å²) < 4.78 is 0. The van der Waals surface area contributed by atoms with Crippen molar-refractivity contribution in [3.8, 4) is 0 Å². The number of nitrogens with zero attached hydrogens (tertiary/aromatic N) is 2. The first-order valence-corrected chi connectivity index (χ1v) is 7.68. The van der Waals surface area contributed by atoms with Crippen LogP contribution >= 0.6 is 0 Å². The maximum atomic E-state index is 11.9. The maximum absolute atomic E-state index is 11.9. The maximum Gasteiger partial charge on any atom is 0.271 e. The number of hydrogen-bond acceptors (Lipinski definition) is 4. The van der Waals surface area contributed by atoms with Crippen LogP contribution in [0.2, 0.25) is 0 Å². The number of anilines is 2. The Morgan fingerprint density at radius 2 is 1.70 bits per heavy atom. The minimum Gasteiger partial charge on any atom is -0.399 e. The minimum absolute atomic E-state index is 0.263. The first-order valence-electron chi connectivity index (χ1n) is 7.68. The summed E-state index contributed by atoms with van der Waals surface area (Å²) >= 11 is 0. The van der Waals surface area contributed by atoms with Gasteiger partial charge >= 0.3 is 0 Å². The highest BCUT2D eigenvalue weighted by Gasteiger charge is 2.03. The summed E-state index contributed by atoms with van der Waals surface area (Å²) in [4.78, 5) is 14.2. The number of amides is 1. The highest BCUT2D eigenvalue weighted by atomic mass is 16.2. The summed E-state index contributed by atoms with van der Waals surface area (Å²) in [5.74, 6) is -0.263. The zero-order valence-electron chi connectivity index (χ0n) is 13.5. The molecule has 0 bridgehead atoms. The lowest BCUT2D eigenvalue weighted by molar-refractivity contribution is 0.0955. The third kappa shape index (κ3) is 4.57. The molecule has 5 nitrogen and oxygen atoms in total. The molecule has 0 aliphatic heterocycles. The Labute approximate surface area is 136 Å². The Hall–Kier alpha value is -2.82. The van der Waals surface area contributed by atoms with Crippen LogP contribution in [0, 0.1) is 0 Å². The van der Waals surface area contributed by atoms with Crippen LogP contribution in [-0.4, -0.2) is 25.2 Å². The monoisotopic (exact) mass is 310 g/mol. The zero-order chi connectivity index (χ0) is 16.7. The summed E-state index contributed by atoms with van der Waals surface area (Å²) in [6, 6.07) is 14.8. The number of carbonyl (C=O) groups is 1. The summed E-state index contributed by atoms with van der Waals surface area (Å²) in [5, 5.41) is 3.99. The van der Waals surface area contributed by atoms with E-state index in [9.17, 15) is 4.79 Å². The van der Waals surface area contributed by atoms with E-state index in [1.165, 1.54) is 5.69 Å². The van der Waals surface area contributed by atoms with E-state index in [2.05, 4.69) is 41.4 Å². The van der Waals surface area contributed by atoms with Gasteiger partial charge in [-0.1, -0.05) is 12.1 Å². The van der Waals surface area contributed by atoms with Gasteiger partial charge in [0, 0.05) is 30.0 Å². The Kier molecular flexibility index (Phi) is 5.74. The molecule has 5 heteroatoms. The van der Waals surface area contributed by atoms with E-state index in [-0.39, 0.29) is 5.91 Å². The van der Waals surface area contributed by atoms with Gasteiger partial charge in [0.2, 0.25) is 0 Å². The first-order chi connectivity index (χ1) is 11.1. The van der Waals surface area contributed by atoms with E-state index in [1.807, 2.05) is 12.1 Å². The second-order valence-electron chi connectivity index (χ2n) is 5.08. The Balaban J connectivity index is 1.95. The van der Waals surface area contributed by atoms with E-state index >= 15 is 0 Å². The second-order valence-corrected chi connectivity index (χ2v) is 5.08. The van der Waals surface area contributed by atoms with Crippen LogP contribution in [0.3, 0.4) is 0 Å². The molecule has 0 fully saturated rings. The van der Waals surface area contributed by atoms with Gasteiger partial charge in [0.1, 0.15) is 0 Å². The van der Waals surface area contributed by atoms with Crippen molar-refractivity contribution in [2.75, 3.05) is 23.7 Å². The smallest absolute Gasteiger partial charge is 0.271 e. The molecule has 2 aromatic rings. The molecular weight excluding hydrogens is 288 g/mol. The second kappa shape index (κ2) is 7.98. The number of nitrogen functional groups attached to an aromatic ring is 1. The summed E-state index contributed by atoms with van der Waals surface area (Å²) in [5.41, 5.74) is 11.4. The van der Waals surface area contributed by atoms with Crippen molar-refractivity contribution in [2.45, 2.75) is 13.8 Å². The standard InChI is InChI=1S/C18H22N4O/c1-3-22(4-2)17-11-5-14(6-12-17)13-20-21-18(23)15-7-9-16(19)10-8-15/h5-13H,3-4,19H2,1-2H3,(H,21,23)/b20-13+. The Morgan fingerprint density at radius 3 is 2.26 bits per heavy atom. The molecule has 1 amide bonds. The third-order valence-electron chi connectivity index (χ3n) is 3.57. The minimum atomic E-state index is -0.263. The predicted octanol–water partition coefficient (Wildman–Crippen LogP) is 2.88. The van der Waals surface area contributed by atoms with E-state index < -0.39 is 0 Å². The van der Waals surface area contributed by atoms with E-state index in [1.54, 1.807) is 30.5 Å². The molecule has 120 valence electrons. The Bertz CT molecular complexity index is 658. The van der Waals surface area contributed by atoms with Gasteiger partial charge < -0.3 is 10.6 Å². The van der Waals surface area contributed by atoms with Crippen molar-refractivity contribution in [2.24, 2.45) is 5.10 Å². The number of carbonyl (C=O) groups excluding carboxylic acids is 1.